The molecule has 0 radical (unpaired) electrons. The van der Waals surface area contributed by atoms with Crippen LogP contribution in [0.1, 0.15) is 10.4 Å². The largest absolute Gasteiger partial charge is 0.495 e. The van der Waals surface area contributed by atoms with E-state index in [1.807, 2.05) is 30.3 Å². The van der Waals surface area contributed by atoms with Crippen LogP contribution in [-0.2, 0) is 0 Å². The Balaban J connectivity index is 2.06. The second-order valence-corrected chi connectivity index (χ2v) is 7.19. The molecule has 1 N–H and O–H groups in total. The molecule has 24 heavy (non-hydrogen) atoms. The summed E-state index contributed by atoms with van der Waals surface area (Å²) in [4.78, 5) is 12.7. The van der Waals surface area contributed by atoms with Gasteiger partial charge in [0.25, 0.3) is 5.91 Å². The van der Waals surface area contributed by atoms with Gasteiger partial charge in [-0.25, -0.2) is 0 Å². The van der Waals surface area contributed by atoms with Crippen LogP contribution in [-0.4, -0.2) is 13.0 Å². The summed E-state index contributed by atoms with van der Waals surface area (Å²) in [6.07, 6.45) is 0. The van der Waals surface area contributed by atoms with Gasteiger partial charge in [0.2, 0.25) is 0 Å². The number of amides is 1. The van der Waals surface area contributed by atoms with Crippen LogP contribution in [0.4, 0.5) is 5.69 Å². The second kappa shape index (κ2) is 7.13. The maximum atomic E-state index is 12.7. The fraction of sp³-hybridized carbons (Fsp3) is 0.0556. The molecule has 0 spiro atoms. The van der Waals surface area contributed by atoms with E-state index in [1.165, 1.54) is 7.11 Å². The van der Waals surface area contributed by atoms with E-state index in [1.54, 1.807) is 18.2 Å². The topological polar surface area (TPSA) is 38.3 Å². The molecule has 3 aromatic carbocycles. The molecule has 0 saturated carbocycles. The molecule has 0 aliphatic carbocycles. The van der Waals surface area contributed by atoms with E-state index >= 15 is 0 Å². The van der Waals surface area contributed by atoms with Crippen LogP contribution in [0.5, 0.6) is 5.75 Å². The molecule has 0 aliphatic heterocycles. The van der Waals surface area contributed by atoms with E-state index in [4.69, 9.17) is 16.3 Å². The minimum atomic E-state index is -0.289. The van der Waals surface area contributed by atoms with E-state index < -0.39 is 0 Å². The van der Waals surface area contributed by atoms with Gasteiger partial charge in [0.05, 0.1) is 27.9 Å². The number of fused-ring (bicyclic) bond motifs is 1. The van der Waals surface area contributed by atoms with Crippen molar-refractivity contribution in [2.75, 3.05) is 12.4 Å². The average Bonchev–Trinajstić information content (AvgIpc) is 2.57. The van der Waals surface area contributed by atoms with Crippen molar-refractivity contribution in [1.82, 2.24) is 0 Å². The predicted octanol–water partition coefficient (Wildman–Crippen LogP) is 6.28. The van der Waals surface area contributed by atoms with Crippen molar-refractivity contribution in [2.45, 2.75) is 0 Å². The second-order valence-electron chi connectivity index (χ2n) is 5.07. The molecule has 0 saturated heterocycles. The molecular weight excluding hydrogens is 457 g/mol. The van der Waals surface area contributed by atoms with Gasteiger partial charge in [-0.2, -0.15) is 0 Å². The molecule has 0 atom stereocenters. The number of nitrogens with one attached hydrogen (secondary N) is 1. The Bertz CT molecular complexity index is 944. The van der Waals surface area contributed by atoms with Crippen molar-refractivity contribution in [3.05, 3.63) is 68.1 Å². The van der Waals surface area contributed by atoms with Gasteiger partial charge >= 0.3 is 0 Å². The lowest BCUT2D eigenvalue weighted by molar-refractivity contribution is 0.102. The van der Waals surface area contributed by atoms with Gasteiger partial charge in [-0.3, -0.25) is 4.79 Å². The zero-order valence-corrected chi connectivity index (χ0v) is 16.5. The van der Waals surface area contributed by atoms with E-state index in [0.29, 0.717) is 22.0 Å². The van der Waals surface area contributed by atoms with E-state index in [9.17, 15) is 4.79 Å². The number of hydrogen-bond acceptors (Lipinski definition) is 2. The van der Waals surface area contributed by atoms with Crippen LogP contribution < -0.4 is 10.1 Å². The summed E-state index contributed by atoms with van der Waals surface area (Å²) in [7, 11) is 1.54. The molecule has 122 valence electrons. The maximum absolute atomic E-state index is 12.7. The van der Waals surface area contributed by atoms with Crippen LogP contribution in [0.3, 0.4) is 0 Å². The molecule has 0 aromatic heterocycles. The van der Waals surface area contributed by atoms with Crippen LogP contribution in [0.15, 0.2) is 57.5 Å². The van der Waals surface area contributed by atoms with Crippen LogP contribution >= 0.6 is 43.5 Å². The Kier molecular flexibility index (Phi) is 5.13. The van der Waals surface area contributed by atoms with Crippen molar-refractivity contribution in [3.63, 3.8) is 0 Å². The molecule has 6 heteroatoms. The number of carbonyl (C=O) groups is 1. The SMILES string of the molecule is COc1c(C(=O)Nc2ccc(Br)cc2Cl)cc2ccccc2c1Br. The van der Waals surface area contributed by atoms with Crippen LogP contribution in [0.25, 0.3) is 10.8 Å². The molecular formula is C18H12Br2ClNO2. The van der Waals surface area contributed by atoms with Gasteiger partial charge in [0.1, 0.15) is 5.75 Å². The molecule has 0 fully saturated rings. The molecule has 0 unspecified atom stereocenters. The van der Waals surface area contributed by atoms with Gasteiger partial charge < -0.3 is 10.1 Å². The lowest BCUT2D eigenvalue weighted by Gasteiger charge is -2.14. The molecule has 3 aromatic rings. The highest BCUT2D eigenvalue weighted by Gasteiger charge is 2.19. The molecule has 1 amide bonds. The summed E-state index contributed by atoms with van der Waals surface area (Å²) in [5.74, 6) is 0.196. The number of carbonyl (C=O) groups excluding carboxylic acids is 1. The van der Waals surface area contributed by atoms with E-state index in [2.05, 4.69) is 37.2 Å². The van der Waals surface area contributed by atoms with Crippen molar-refractivity contribution >= 4 is 65.8 Å². The van der Waals surface area contributed by atoms with E-state index in [-0.39, 0.29) is 5.91 Å². The third-order valence-corrected chi connectivity index (χ3v) is 5.16. The summed E-state index contributed by atoms with van der Waals surface area (Å²) in [6, 6.07) is 14.9. The van der Waals surface area contributed by atoms with Gasteiger partial charge in [0.15, 0.2) is 0 Å². The normalized spacial score (nSPS) is 10.7. The Labute approximate surface area is 161 Å². The third-order valence-electron chi connectivity index (χ3n) is 3.57. The molecule has 3 rings (SSSR count). The first-order valence-corrected chi connectivity index (χ1v) is 8.99. The van der Waals surface area contributed by atoms with Crippen LogP contribution in [0.2, 0.25) is 5.02 Å². The van der Waals surface area contributed by atoms with Crippen molar-refractivity contribution in [2.24, 2.45) is 0 Å². The first-order valence-electron chi connectivity index (χ1n) is 7.03. The Morgan fingerprint density at radius 1 is 1.12 bits per heavy atom. The summed E-state index contributed by atoms with van der Waals surface area (Å²) >= 11 is 13.1. The third kappa shape index (κ3) is 3.29. The van der Waals surface area contributed by atoms with Gasteiger partial charge in [-0.1, -0.05) is 51.8 Å². The number of methoxy groups -OCH3 is 1. The number of anilines is 1. The van der Waals surface area contributed by atoms with Crippen molar-refractivity contribution in [3.8, 4) is 5.75 Å². The minimum absolute atomic E-state index is 0.289. The minimum Gasteiger partial charge on any atom is -0.495 e. The Morgan fingerprint density at radius 2 is 1.88 bits per heavy atom. The number of halogens is 3. The first kappa shape index (κ1) is 17.3. The average molecular weight is 470 g/mol. The number of benzene rings is 3. The quantitative estimate of drug-likeness (QED) is 0.490. The molecule has 0 heterocycles. The zero-order chi connectivity index (χ0) is 17.3. The number of hydrogen-bond donors (Lipinski definition) is 1. The summed E-state index contributed by atoms with van der Waals surface area (Å²) in [5.41, 5.74) is 0.971. The monoisotopic (exact) mass is 467 g/mol. The van der Waals surface area contributed by atoms with Gasteiger partial charge in [0, 0.05) is 4.47 Å². The van der Waals surface area contributed by atoms with E-state index in [0.717, 1.165) is 19.7 Å². The number of ether oxygens (including phenoxy) is 1. The Hall–Kier alpha value is -1.56. The molecule has 0 aliphatic rings. The summed E-state index contributed by atoms with van der Waals surface area (Å²) in [5, 5.41) is 5.20. The van der Waals surface area contributed by atoms with Gasteiger partial charge in [-0.05, 0) is 51.0 Å². The standard InChI is InChI=1S/C18H12Br2ClNO2/c1-24-17-13(8-10-4-2-3-5-12(10)16(17)20)18(23)22-15-7-6-11(19)9-14(15)21/h2-9H,1H3,(H,22,23). The fourth-order valence-electron chi connectivity index (χ4n) is 2.43. The maximum Gasteiger partial charge on any atom is 0.259 e. The zero-order valence-electron chi connectivity index (χ0n) is 12.6. The lowest BCUT2D eigenvalue weighted by Crippen LogP contribution is -2.14. The molecule has 0 bridgehead atoms. The van der Waals surface area contributed by atoms with Crippen molar-refractivity contribution < 1.29 is 9.53 Å². The fourth-order valence-corrected chi connectivity index (χ4v) is 3.89. The lowest BCUT2D eigenvalue weighted by atomic mass is 10.1. The number of rotatable bonds is 3. The highest BCUT2D eigenvalue weighted by atomic mass is 79.9. The predicted molar refractivity (Wildman–Crippen MR) is 105 cm³/mol. The van der Waals surface area contributed by atoms with Crippen molar-refractivity contribution in [1.29, 1.82) is 0 Å². The smallest absolute Gasteiger partial charge is 0.259 e. The highest BCUT2D eigenvalue weighted by Crippen LogP contribution is 2.37. The summed E-state index contributed by atoms with van der Waals surface area (Å²) < 4.78 is 7.03. The molecule has 3 nitrogen and oxygen atoms in total. The van der Waals surface area contributed by atoms with Crippen LogP contribution in [0, 0.1) is 0 Å². The first-order chi connectivity index (χ1) is 11.5. The summed E-state index contributed by atoms with van der Waals surface area (Å²) in [6.45, 7) is 0. The van der Waals surface area contributed by atoms with Gasteiger partial charge in [-0.15, -0.1) is 0 Å². The Morgan fingerprint density at radius 3 is 2.58 bits per heavy atom. The highest BCUT2D eigenvalue weighted by molar-refractivity contribution is 9.11.